The number of rotatable bonds is 7. The molecule has 0 bridgehead atoms. The predicted molar refractivity (Wildman–Crippen MR) is 107 cm³/mol. The molecule has 2 amide bonds. The monoisotopic (exact) mass is 365 g/mol. The van der Waals surface area contributed by atoms with Gasteiger partial charge in [0, 0.05) is 44.7 Å². The summed E-state index contributed by atoms with van der Waals surface area (Å²) in [4.78, 5) is 28.6. The number of Topliss-reactive ketones (excluding diaryl/α,β-unsaturated/α-hetero) is 1. The summed E-state index contributed by atoms with van der Waals surface area (Å²) in [7, 11) is 0. The number of amides is 2. The van der Waals surface area contributed by atoms with Gasteiger partial charge in [-0.1, -0.05) is 60.7 Å². The molecule has 1 aliphatic rings. The van der Waals surface area contributed by atoms with Crippen LogP contribution in [0.5, 0.6) is 0 Å². The van der Waals surface area contributed by atoms with Gasteiger partial charge in [-0.15, -0.1) is 0 Å². The fourth-order valence-corrected chi connectivity index (χ4v) is 3.29. The molecule has 5 heteroatoms. The van der Waals surface area contributed by atoms with Crippen LogP contribution in [0.15, 0.2) is 60.7 Å². The number of nitrogens with one attached hydrogen (secondary N) is 1. The topological polar surface area (TPSA) is 52.7 Å². The SMILES string of the molecule is O=C(CCCN1CCN(C(=O)NCc2ccccc2)CC1)c1ccccc1. The van der Waals surface area contributed by atoms with Crippen molar-refractivity contribution in [2.24, 2.45) is 0 Å². The van der Waals surface area contributed by atoms with E-state index in [1.54, 1.807) is 0 Å². The maximum absolute atomic E-state index is 12.3. The number of carbonyl (C=O) groups is 2. The number of urea groups is 1. The molecule has 142 valence electrons. The highest BCUT2D eigenvalue weighted by atomic mass is 16.2. The molecule has 0 aliphatic carbocycles. The van der Waals surface area contributed by atoms with Gasteiger partial charge >= 0.3 is 6.03 Å². The van der Waals surface area contributed by atoms with Crippen LogP contribution in [0.2, 0.25) is 0 Å². The van der Waals surface area contributed by atoms with E-state index in [1.165, 1.54) is 0 Å². The molecule has 0 radical (unpaired) electrons. The lowest BCUT2D eigenvalue weighted by molar-refractivity contribution is 0.0968. The third kappa shape index (κ3) is 5.93. The molecule has 1 fully saturated rings. The first-order chi connectivity index (χ1) is 13.2. The van der Waals surface area contributed by atoms with Crippen molar-refractivity contribution < 1.29 is 9.59 Å². The van der Waals surface area contributed by atoms with Gasteiger partial charge in [0.25, 0.3) is 0 Å². The lowest BCUT2D eigenvalue weighted by Crippen LogP contribution is -2.51. The van der Waals surface area contributed by atoms with Crippen molar-refractivity contribution in [2.75, 3.05) is 32.7 Å². The molecule has 3 rings (SSSR count). The number of hydrogen-bond acceptors (Lipinski definition) is 3. The van der Waals surface area contributed by atoms with Crippen molar-refractivity contribution in [1.29, 1.82) is 0 Å². The number of piperazine rings is 1. The number of benzene rings is 2. The Morgan fingerprint density at radius 1 is 0.852 bits per heavy atom. The van der Waals surface area contributed by atoms with E-state index >= 15 is 0 Å². The van der Waals surface area contributed by atoms with E-state index < -0.39 is 0 Å². The van der Waals surface area contributed by atoms with Crippen LogP contribution in [0.3, 0.4) is 0 Å². The first-order valence-electron chi connectivity index (χ1n) is 9.60. The third-order valence-electron chi connectivity index (χ3n) is 4.92. The van der Waals surface area contributed by atoms with Gasteiger partial charge in [0.05, 0.1) is 0 Å². The zero-order valence-corrected chi connectivity index (χ0v) is 15.6. The molecule has 5 nitrogen and oxygen atoms in total. The van der Waals surface area contributed by atoms with E-state index in [4.69, 9.17) is 0 Å². The third-order valence-corrected chi connectivity index (χ3v) is 4.92. The van der Waals surface area contributed by atoms with Crippen molar-refractivity contribution in [3.05, 3.63) is 71.8 Å². The Labute approximate surface area is 161 Å². The molecule has 1 N–H and O–H groups in total. The highest BCUT2D eigenvalue weighted by Crippen LogP contribution is 2.08. The first kappa shape index (κ1) is 19.1. The molecular weight excluding hydrogens is 338 g/mol. The number of hydrogen-bond donors (Lipinski definition) is 1. The Kier molecular flexibility index (Phi) is 6.99. The maximum Gasteiger partial charge on any atom is 0.317 e. The van der Waals surface area contributed by atoms with Gasteiger partial charge in [-0.25, -0.2) is 4.79 Å². The lowest BCUT2D eigenvalue weighted by atomic mass is 10.1. The van der Waals surface area contributed by atoms with Crippen LogP contribution in [-0.4, -0.2) is 54.3 Å². The summed E-state index contributed by atoms with van der Waals surface area (Å²) in [6, 6.07) is 19.4. The van der Waals surface area contributed by atoms with Crippen LogP contribution in [0.1, 0.15) is 28.8 Å². The van der Waals surface area contributed by atoms with Gasteiger partial charge < -0.3 is 10.2 Å². The lowest BCUT2D eigenvalue weighted by Gasteiger charge is -2.34. The summed E-state index contributed by atoms with van der Waals surface area (Å²) < 4.78 is 0. The van der Waals surface area contributed by atoms with Crippen LogP contribution in [-0.2, 0) is 6.54 Å². The Bertz CT molecular complexity index is 726. The summed E-state index contributed by atoms with van der Waals surface area (Å²) in [6.45, 7) is 4.64. The van der Waals surface area contributed by atoms with Crippen molar-refractivity contribution in [3.8, 4) is 0 Å². The van der Waals surface area contributed by atoms with E-state index in [-0.39, 0.29) is 11.8 Å². The van der Waals surface area contributed by atoms with Crippen LogP contribution in [0, 0.1) is 0 Å². The molecule has 0 aromatic heterocycles. The summed E-state index contributed by atoms with van der Waals surface area (Å²) in [5, 5.41) is 2.98. The minimum atomic E-state index is -0.00208. The molecule has 2 aromatic carbocycles. The first-order valence-corrected chi connectivity index (χ1v) is 9.60. The van der Waals surface area contributed by atoms with Gasteiger partial charge in [-0.3, -0.25) is 9.69 Å². The molecular formula is C22H27N3O2. The van der Waals surface area contributed by atoms with Crippen molar-refractivity contribution >= 4 is 11.8 Å². The van der Waals surface area contributed by atoms with Crippen molar-refractivity contribution in [2.45, 2.75) is 19.4 Å². The normalized spacial score (nSPS) is 14.7. The fraction of sp³-hybridized carbons (Fsp3) is 0.364. The molecule has 0 unspecified atom stereocenters. The van der Waals surface area contributed by atoms with Gasteiger partial charge in [0.15, 0.2) is 5.78 Å². The van der Waals surface area contributed by atoms with Gasteiger partial charge in [0.1, 0.15) is 0 Å². The highest BCUT2D eigenvalue weighted by Gasteiger charge is 2.20. The Morgan fingerprint density at radius 2 is 1.48 bits per heavy atom. The van der Waals surface area contributed by atoms with E-state index in [1.807, 2.05) is 65.6 Å². The predicted octanol–water partition coefficient (Wildman–Crippen LogP) is 3.18. The largest absolute Gasteiger partial charge is 0.334 e. The standard InChI is InChI=1S/C22H27N3O2/c26-21(20-10-5-2-6-11-20)12-7-13-24-14-16-25(17-15-24)22(27)23-18-19-8-3-1-4-9-19/h1-6,8-11H,7,12-18H2,(H,23,27). The molecule has 1 heterocycles. The minimum Gasteiger partial charge on any atom is -0.334 e. The van der Waals surface area contributed by atoms with Crippen molar-refractivity contribution in [3.63, 3.8) is 0 Å². The molecule has 0 spiro atoms. The number of nitrogens with zero attached hydrogens (tertiary/aromatic N) is 2. The minimum absolute atomic E-state index is 0.00208. The van der Waals surface area contributed by atoms with Gasteiger partial charge in [-0.05, 0) is 18.5 Å². The maximum atomic E-state index is 12.3. The van der Waals surface area contributed by atoms with Crippen LogP contribution < -0.4 is 5.32 Å². The van der Waals surface area contributed by atoms with Crippen LogP contribution >= 0.6 is 0 Å². The quantitative estimate of drug-likeness (QED) is 0.767. The second-order valence-electron chi connectivity index (χ2n) is 6.87. The fourth-order valence-electron chi connectivity index (χ4n) is 3.29. The Hall–Kier alpha value is -2.66. The van der Waals surface area contributed by atoms with Crippen LogP contribution in [0.4, 0.5) is 4.79 Å². The molecule has 2 aromatic rings. The van der Waals surface area contributed by atoms with Gasteiger partial charge in [-0.2, -0.15) is 0 Å². The zero-order valence-electron chi connectivity index (χ0n) is 15.6. The Balaban J connectivity index is 1.32. The second kappa shape index (κ2) is 9.88. The molecule has 27 heavy (non-hydrogen) atoms. The summed E-state index contributed by atoms with van der Waals surface area (Å²) in [5.41, 5.74) is 1.89. The average molecular weight is 365 g/mol. The summed E-state index contributed by atoms with van der Waals surface area (Å²) in [6.07, 6.45) is 1.43. The smallest absolute Gasteiger partial charge is 0.317 e. The molecule has 1 aliphatic heterocycles. The number of ketones is 1. The average Bonchev–Trinajstić information content (AvgIpc) is 2.74. The van der Waals surface area contributed by atoms with Crippen LogP contribution in [0.25, 0.3) is 0 Å². The summed E-state index contributed by atoms with van der Waals surface area (Å²) >= 11 is 0. The number of carbonyl (C=O) groups excluding carboxylic acids is 2. The zero-order chi connectivity index (χ0) is 18.9. The second-order valence-corrected chi connectivity index (χ2v) is 6.87. The van der Waals surface area contributed by atoms with E-state index in [2.05, 4.69) is 10.2 Å². The molecule has 1 saturated heterocycles. The molecule has 0 atom stereocenters. The van der Waals surface area contributed by atoms with E-state index in [0.29, 0.717) is 13.0 Å². The van der Waals surface area contributed by atoms with Crippen molar-refractivity contribution in [1.82, 2.24) is 15.1 Å². The van der Waals surface area contributed by atoms with E-state index in [0.717, 1.165) is 50.3 Å². The van der Waals surface area contributed by atoms with E-state index in [9.17, 15) is 9.59 Å². The Morgan fingerprint density at radius 3 is 2.15 bits per heavy atom. The summed E-state index contributed by atoms with van der Waals surface area (Å²) in [5.74, 6) is 0.203. The molecule has 0 saturated carbocycles. The highest BCUT2D eigenvalue weighted by molar-refractivity contribution is 5.95. The van der Waals surface area contributed by atoms with Gasteiger partial charge in [0.2, 0.25) is 0 Å².